The molecule has 1 aromatic carbocycles. The van der Waals surface area contributed by atoms with Crippen LogP contribution in [0.5, 0.6) is 5.75 Å². The van der Waals surface area contributed by atoms with Gasteiger partial charge in [0.1, 0.15) is 5.75 Å². The van der Waals surface area contributed by atoms with Gasteiger partial charge in [-0.05, 0) is 44.5 Å². The molecule has 6 nitrogen and oxygen atoms in total. The van der Waals surface area contributed by atoms with Crippen molar-refractivity contribution in [1.82, 2.24) is 15.2 Å². The van der Waals surface area contributed by atoms with E-state index >= 15 is 0 Å². The Morgan fingerprint density at radius 3 is 2.53 bits per heavy atom. The van der Waals surface area contributed by atoms with Gasteiger partial charge in [-0.15, -0.1) is 5.10 Å². The molecule has 0 spiro atoms. The number of hydrogen-bond donors (Lipinski definition) is 2. The molecular weight excluding hydrogens is 244 g/mol. The maximum Gasteiger partial charge on any atom is 0.258 e. The molecule has 6 heteroatoms. The van der Waals surface area contributed by atoms with Crippen molar-refractivity contribution in [2.24, 2.45) is 0 Å². The van der Waals surface area contributed by atoms with Crippen molar-refractivity contribution < 1.29 is 9.90 Å². The number of nitrogens with one attached hydrogen (secondary N) is 1. The van der Waals surface area contributed by atoms with Crippen LogP contribution in [0.1, 0.15) is 27.3 Å². The van der Waals surface area contributed by atoms with Gasteiger partial charge in [-0.3, -0.25) is 10.1 Å². The number of hydrogen-bond acceptors (Lipinski definition) is 5. The molecule has 19 heavy (non-hydrogen) atoms. The van der Waals surface area contributed by atoms with Gasteiger partial charge in [-0.25, -0.2) is 4.98 Å². The number of rotatable bonds is 2. The molecule has 98 valence electrons. The number of aryl methyl sites for hydroxylation is 3. The zero-order chi connectivity index (χ0) is 14.0. The average Bonchev–Trinajstić information content (AvgIpc) is 2.33. The Morgan fingerprint density at radius 2 is 1.89 bits per heavy atom. The second-order valence-corrected chi connectivity index (χ2v) is 4.26. The first-order chi connectivity index (χ1) is 8.97. The highest BCUT2D eigenvalue weighted by Crippen LogP contribution is 2.16. The van der Waals surface area contributed by atoms with Gasteiger partial charge in [0.2, 0.25) is 5.95 Å². The maximum absolute atomic E-state index is 12.0. The number of carbonyl (C=O) groups is 1. The molecule has 0 aliphatic rings. The van der Waals surface area contributed by atoms with E-state index in [9.17, 15) is 9.90 Å². The third-order valence-electron chi connectivity index (χ3n) is 2.77. The summed E-state index contributed by atoms with van der Waals surface area (Å²) in [5.74, 6) is -0.0405. The minimum absolute atomic E-state index is 0.123. The van der Waals surface area contributed by atoms with Gasteiger partial charge in [0.25, 0.3) is 5.91 Å². The van der Waals surface area contributed by atoms with Crippen LogP contribution in [0.2, 0.25) is 0 Å². The van der Waals surface area contributed by atoms with Gasteiger partial charge in [0.15, 0.2) is 0 Å². The van der Waals surface area contributed by atoms with E-state index in [4.69, 9.17) is 0 Å². The van der Waals surface area contributed by atoms with E-state index in [1.807, 2.05) is 0 Å². The lowest BCUT2D eigenvalue weighted by Crippen LogP contribution is -2.16. The molecule has 0 unspecified atom stereocenters. The van der Waals surface area contributed by atoms with Crippen LogP contribution in [0, 0.1) is 20.8 Å². The quantitative estimate of drug-likeness (QED) is 0.856. The fourth-order valence-corrected chi connectivity index (χ4v) is 1.58. The highest BCUT2D eigenvalue weighted by Gasteiger charge is 2.12. The van der Waals surface area contributed by atoms with Crippen LogP contribution in [0.25, 0.3) is 0 Å². The highest BCUT2D eigenvalue weighted by atomic mass is 16.3. The van der Waals surface area contributed by atoms with E-state index in [0.29, 0.717) is 16.8 Å². The van der Waals surface area contributed by atoms with Crippen molar-refractivity contribution in [3.05, 3.63) is 40.7 Å². The monoisotopic (exact) mass is 258 g/mol. The zero-order valence-corrected chi connectivity index (χ0v) is 10.9. The topological polar surface area (TPSA) is 88.0 Å². The molecule has 1 heterocycles. The predicted octanol–water partition coefficient (Wildman–Crippen LogP) is 1.75. The Bertz CT molecular complexity index is 641. The second kappa shape index (κ2) is 5.01. The first-order valence-corrected chi connectivity index (χ1v) is 5.76. The van der Waals surface area contributed by atoms with E-state index in [2.05, 4.69) is 20.5 Å². The normalized spacial score (nSPS) is 10.3. The molecule has 0 aliphatic carbocycles. The summed E-state index contributed by atoms with van der Waals surface area (Å²) >= 11 is 0. The minimum Gasteiger partial charge on any atom is -0.508 e. The minimum atomic E-state index is -0.331. The Morgan fingerprint density at radius 1 is 1.16 bits per heavy atom. The van der Waals surface area contributed by atoms with Crippen LogP contribution in [-0.4, -0.2) is 26.2 Å². The molecule has 2 rings (SSSR count). The molecular formula is C13H14N4O2. The third-order valence-corrected chi connectivity index (χ3v) is 2.77. The molecule has 2 N–H and O–H groups in total. The number of amides is 1. The average molecular weight is 258 g/mol. The van der Waals surface area contributed by atoms with E-state index in [0.717, 1.165) is 5.69 Å². The number of carbonyl (C=O) groups excluding carboxylic acids is 1. The van der Waals surface area contributed by atoms with Gasteiger partial charge in [-0.2, -0.15) is 5.10 Å². The summed E-state index contributed by atoms with van der Waals surface area (Å²) in [6, 6.07) is 4.53. The standard InChI is InChI=1S/C13H14N4O2/c1-7-6-10(18)4-5-11(7)12(19)15-13-14-8(2)9(3)16-17-13/h4-6,18H,1-3H3,(H,14,15,17,19). The number of aromatic nitrogens is 3. The number of aromatic hydroxyl groups is 1. The lowest BCUT2D eigenvalue weighted by molar-refractivity contribution is 0.102. The van der Waals surface area contributed by atoms with Crippen molar-refractivity contribution in [3.63, 3.8) is 0 Å². The third kappa shape index (κ3) is 2.85. The van der Waals surface area contributed by atoms with Gasteiger partial charge in [0, 0.05) is 5.56 Å². The molecule has 0 saturated carbocycles. The van der Waals surface area contributed by atoms with Crippen LogP contribution in [0.4, 0.5) is 5.95 Å². The van der Waals surface area contributed by atoms with Crippen LogP contribution in [0.3, 0.4) is 0 Å². The highest BCUT2D eigenvalue weighted by molar-refractivity contribution is 6.04. The summed E-state index contributed by atoms with van der Waals surface area (Å²) < 4.78 is 0. The fraction of sp³-hybridized carbons (Fsp3) is 0.231. The van der Waals surface area contributed by atoms with E-state index in [-0.39, 0.29) is 17.6 Å². The first kappa shape index (κ1) is 12.9. The molecule has 2 aromatic rings. The van der Waals surface area contributed by atoms with E-state index in [1.54, 1.807) is 26.8 Å². The van der Waals surface area contributed by atoms with Crippen LogP contribution < -0.4 is 5.32 Å². The Balaban J connectivity index is 2.23. The Hall–Kier alpha value is -2.50. The van der Waals surface area contributed by atoms with E-state index in [1.165, 1.54) is 12.1 Å². The number of nitrogens with zero attached hydrogens (tertiary/aromatic N) is 3. The zero-order valence-electron chi connectivity index (χ0n) is 10.9. The molecule has 0 fully saturated rings. The lowest BCUT2D eigenvalue weighted by atomic mass is 10.1. The van der Waals surface area contributed by atoms with Crippen molar-refractivity contribution in [2.75, 3.05) is 5.32 Å². The van der Waals surface area contributed by atoms with Gasteiger partial charge in [-0.1, -0.05) is 0 Å². The Labute approximate surface area is 110 Å². The van der Waals surface area contributed by atoms with Crippen molar-refractivity contribution >= 4 is 11.9 Å². The summed E-state index contributed by atoms with van der Waals surface area (Å²) in [7, 11) is 0. The van der Waals surface area contributed by atoms with Gasteiger partial charge in [0.05, 0.1) is 11.4 Å². The molecule has 1 aromatic heterocycles. The first-order valence-electron chi connectivity index (χ1n) is 5.76. The summed E-state index contributed by atoms with van der Waals surface area (Å²) in [4.78, 5) is 16.2. The number of benzene rings is 1. The molecule has 0 aliphatic heterocycles. The van der Waals surface area contributed by atoms with Crippen LogP contribution >= 0.6 is 0 Å². The Kier molecular flexibility index (Phi) is 3.41. The fourth-order valence-electron chi connectivity index (χ4n) is 1.58. The summed E-state index contributed by atoms with van der Waals surface area (Å²) in [5, 5.41) is 19.6. The summed E-state index contributed by atoms with van der Waals surface area (Å²) in [5.41, 5.74) is 2.57. The SMILES string of the molecule is Cc1cc(O)ccc1C(=O)Nc1nnc(C)c(C)n1. The second-order valence-electron chi connectivity index (χ2n) is 4.26. The molecule has 1 amide bonds. The largest absolute Gasteiger partial charge is 0.508 e. The summed E-state index contributed by atoms with van der Waals surface area (Å²) in [6.07, 6.45) is 0. The van der Waals surface area contributed by atoms with Crippen molar-refractivity contribution in [2.45, 2.75) is 20.8 Å². The van der Waals surface area contributed by atoms with Gasteiger partial charge < -0.3 is 5.11 Å². The van der Waals surface area contributed by atoms with Crippen molar-refractivity contribution in [1.29, 1.82) is 0 Å². The van der Waals surface area contributed by atoms with E-state index < -0.39 is 0 Å². The molecule has 0 saturated heterocycles. The van der Waals surface area contributed by atoms with Crippen LogP contribution in [0.15, 0.2) is 18.2 Å². The van der Waals surface area contributed by atoms with Crippen LogP contribution in [-0.2, 0) is 0 Å². The van der Waals surface area contributed by atoms with Gasteiger partial charge >= 0.3 is 0 Å². The lowest BCUT2D eigenvalue weighted by Gasteiger charge is -2.07. The molecule has 0 atom stereocenters. The molecule has 0 bridgehead atoms. The number of anilines is 1. The number of phenols is 1. The number of phenolic OH excluding ortho intramolecular Hbond substituents is 1. The summed E-state index contributed by atoms with van der Waals surface area (Å²) in [6.45, 7) is 5.34. The maximum atomic E-state index is 12.0. The van der Waals surface area contributed by atoms with Crippen molar-refractivity contribution in [3.8, 4) is 5.75 Å². The molecule has 0 radical (unpaired) electrons. The smallest absolute Gasteiger partial charge is 0.258 e. The predicted molar refractivity (Wildman–Crippen MR) is 70.1 cm³/mol.